The number of ether oxygens (including phenoxy) is 1. The van der Waals surface area contributed by atoms with Crippen LogP contribution in [0, 0.1) is 5.41 Å². The van der Waals surface area contributed by atoms with Gasteiger partial charge < -0.3 is 14.4 Å². The minimum Gasteiger partial charge on any atom is -0.460 e. The van der Waals surface area contributed by atoms with Crippen molar-refractivity contribution in [2.24, 2.45) is 5.41 Å². The van der Waals surface area contributed by atoms with Crippen LogP contribution in [0.3, 0.4) is 0 Å². The van der Waals surface area contributed by atoms with Gasteiger partial charge >= 0.3 is 5.97 Å². The maximum absolute atomic E-state index is 12.4. The monoisotopic (exact) mass is 314 g/mol. The number of aromatic nitrogens is 2. The SMILES string of the molecule is C[C@H](c1ccccc1)n1cncc1C(=O)OCC1(CO)CCC1. The van der Waals surface area contributed by atoms with E-state index in [0.29, 0.717) is 5.69 Å². The summed E-state index contributed by atoms with van der Waals surface area (Å²) in [4.78, 5) is 16.5. The zero-order chi connectivity index (χ0) is 16.3. The molecule has 1 aliphatic rings. The highest BCUT2D eigenvalue weighted by Gasteiger charge is 2.38. The van der Waals surface area contributed by atoms with E-state index >= 15 is 0 Å². The van der Waals surface area contributed by atoms with Gasteiger partial charge in [0.1, 0.15) is 5.69 Å². The Labute approximate surface area is 135 Å². The smallest absolute Gasteiger partial charge is 0.356 e. The van der Waals surface area contributed by atoms with E-state index in [4.69, 9.17) is 4.74 Å². The molecule has 0 radical (unpaired) electrons. The summed E-state index contributed by atoms with van der Waals surface area (Å²) in [5.74, 6) is -0.384. The molecule has 1 aliphatic carbocycles. The van der Waals surface area contributed by atoms with Crippen molar-refractivity contribution in [1.82, 2.24) is 9.55 Å². The van der Waals surface area contributed by atoms with Crippen molar-refractivity contribution >= 4 is 5.97 Å². The number of aliphatic hydroxyl groups excluding tert-OH is 1. The third-order valence-electron chi connectivity index (χ3n) is 4.83. The fraction of sp³-hybridized carbons (Fsp3) is 0.444. The molecule has 23 heavy (non-hydrogen) atoms. The Hall–Kier alpha value is -2.14. The topological polar surface area (TPSA) is 64.4 Å². The van der Waals surface area contributed by atoms with Crippen LogP contribution in [0.5, 0.6) is 0 Å². The molecule has 1 fully saturated rings. The number of nitrogens with zero attached hydrogens (tertiary/aromatic N) is 2. The molecule has 1 aromatic carbocycles. The van der Waals surface area contributed by atoms with E-state index in [-0.39, 0.29) is 30.6 Å². The zero-order valence-electron chi connectivity index (χ0n) is 13.3. The molecule has 2 aromatic rings. The fourth-order valence-electron chi connectivity index (χ4n) is 2.98. The summed E-state index contributed by atoms with van der Waals surface area (Å²) in [7, 11) is 0. The number of carbonyl (C=O) groups excluding carboxylic acids is 1. The predicted octanol–water partition coefficient (Wildman–Crippen LogP) is 2.81. The van der Waals surface area contributed by atoms with Gasteiger partial charge in [0.2, 0.25) is 0 Å². The van der Waals surface area contributed by atoms with Crippen LogP contribution >= 0.6 is 0 Å². The third kappa shape index (κ3) is 3.15. The first-order valence-electron chi connectivity index (χ1n) is 8.00. The summed E-state index contributed by atoms with van der Waals surface area (Å²) < 4.78 is 7.27. The van der Waals surface area contributed by atoms with Crippen LogP contribution in [0.15, 0.2) is 42.9 Å². The van der Waals surface area contributed by atoms with Crippen LogP contribution in [0.25, 0.3) is 0 Å². The summed E-state index contributed by atoms with van der Waals surface area (Å²) in [5, 5.41) is 9.46. The van der Waals surface area contributed by atoms with Crippen LogP contribution in [-0.2, 0) is 4.74 Å². The van der Waals surface area contributed by atoms with Gasteiger partial charge in [-0.1, -0.05) is 36.8 Å². The number of hydrogen-bond donors (Lipinski definition) is 1. The normalized spacial score (nSPS) is 17.3. The summed E-state index contributed by atoms with van der Waals surface area (Å²) in [6, 6.07) is 9.96. The van der Waals surface area contributed by atoms with E-state index in [0.717, 1.165) is 24.8 Å². The molecule has 3 rings (SSSR count). The van der Waals surface area contributed by atoms with E-state index in [2.05, 4.69) is 4.98 Å². The number of esters is 1. The van der Waals surface area contributed by atoms with E-state index in [1.54, 1.807) is 6.33 Å². The Kier molecular flexibility index (Phi) is 4.48. The second-order valence-electron chi connectivity index (χ2n) is 6.36. The lowest BCUT2D eigenvalue weighted by molar-refractivity contribution is -0.0286. The molecule has 1 N–H and O–H groups in total. The molecular weight excluding hydrogens is 292 g/mol. The largest absolute Gasteiger partial charge is 0.460 e. The predicted molar refractivity (Wildman–Crippen MR) is 86.1 cm³/mol. The fourth-order valence-corrected chi connectivity index (χ4v) is 2.98. The summed E-state index contributed by atoms with van der Waals surface area (Å²) in [5.41, 5.74) is 1.31. The first-order valence-corrected chi connectivity index (χ1v) is 8.00. The quantitative estimate of drug-likeness (QED) is 0.833. The van der Waals surface area contributed by atoms with Crippen molar-refractivity contribution in [1.29, 1.82) is 0 Å². The molecule has 1 atom stereocenters. The summed E-state index contributed by atoms with van der Waals surface area (Å²) in [6.07, 6.45) is 6.10. The molecule has 0 bridgehead atoms. The van der Waals surface area contributed by atoms with Gasteiger partial charge in [-0.3, -0.25) is 0 Å². The molecular formula is C18H22N2O3. The molecule has 0 saturated heterocycles. The maximum atomic E-state index is 12.4. The van der Waals surface area contributed by atoms with Gasteiger partial charge in [-0.05, 0) is 25.3 Å². The number of rotatable bonds is 6. The number of benzene rings is 1. The number of imidazole rings is 1. The van der Waals surface area contributed by atoms with Gasteiger partial charge in [0, 0.05) is 5.41 Å². The average molecular weight is 314 g/mol. The van der Waals surface area contributed by atoms with Crippen LogP contribution in [0.4, 0.5) is 0 Å². The van der Waals surface area contributed by atoms with Gasteiger partial charge in [0.05, 0.1) is 31.8 Å². The zero-order valence-corrected chi connectivity index (χ0v) is 13.3. The first-order chi connectivity index (χ1) is 11.2. The highest BCUT2D eigenvalue weighted by Crippen LogP contribution is 2.40. The Morgan fingerprint density at radius 2 is 2.13 bits per heavy atom. The molecule has 122 valence electrons. The molecule has 1 aromatic heterocycles. The maximum Gasteiger partial charge on any atom is 0.356 e. The van der Waals surface area contributed by atoms with E-state index in [9.17, 15) is 9.90 Å². The molecule has 1 saturated carbocycles. The third-order valence-corrected chi connectivity index (χ3v) is 4.83. The Morgan fingerprint density at radius 1 is 1.39 bits per heavy atom. The lowest BCUT2D eigenvalue weighted by atomic mass is 9.70. The van der Waals surface area contributed by atoms with E-state index in [1.165, 1.54) is 6.20 Å². The van der Waals surface area contributed by atoms with Crippen molar-refractivity contribution in [2.75, 3.05) is 13.2 Å². The van der Waals surface area contributed by atoms with E-state index < -0.39 is 0 Å². The molecule has 0 amide bonds. The lowest BCUT2D eigenvalue weighted by Crippen LogP contribution is -2.38. The minimum atomic E-state index is -0.384. The van der Waals surface area contributed by atoms with Crippen molar-refractivity contribution in [3.05, 3.63) is 54.1 Å². The summed E-state index contributed by atoms with van der Waals surface area (Å²) >= 11 is 0. The van der Waals surface area contributed by atoms with Crippen LogP contribution in [0.2, 0.25) is 0 Å². The average Bonchev–Trinajstić information content (AvgIpc) is 3.04. The second-order valence-corrected chi connectivity index (χ2v) is 6.36. The Bertz CT molecular complexity index is 656. The highest BCUT2D eigenvalue weighted by molar-refractivity contribution is 5.87. The van der Waals surface area contributed by atoms with Crippen LogP contribution < -0.4 is 0 Å². The Morgan fingerprint density at radius 3 is 2.74 bits per heavy atom. The second kappa shape index (κ2) is 6.54. The first kappa shape index (κ1) is 15.7. The van der Waals surface area contributed by atoms with Gasteiger partial charge in [-0.25, -0.2) is 9.78 Å². The Balaban J connectivity index is 1.71. The van der Waals surface area contributed by atoms with Gasteiger partial charge in [-0.15, -0.1) is 0 Å². The molecule has 0 spiro atoms. The van der Waals surface area contributed by atoms with Crippen molar-refractivity contribution < 1.29 is 14.6 Å². The minimum absolute atomic E-state index is 0.00300. The van der Waals surface area contributed by atoms with Gasteiger partial charge in [-0.2, -0.15) is 0 Å². The summed E-state index contributed by atoms with van der Waals surface area (Å²) in [6.45, 7) is 2.36. The molecule has 1 heterocycles. The van der Waals surface area contributed by atoms with Crippen LogP contribution in [0.1, 0.15) is 48.3 Å². The standard InChI is InChI=1S/C18H22N2O3/c1-14(15-6-3-2-4-7-15)20-13-19-10-16(20)17(22)23-12-18(11-21)8-5-9-18/h2-4,6-7,10,13-14,21H,5,8-9,11-12H2,1H3/t14-/m1/s1. The van der Waals surface area contributed by atoms with Crippen molar-refractivity contribution in [3.63, 3.8) is 0 Å². The van der Waals surface area contributed by atoms with Crippen molar-refractivity contribution in [2.45, 2.75) is 32.2 Å². The van der Waals surface area contributed by atoms with Gasteiger partial charge in [0.15, 0.2) is 0 Å². The van der Waals surface area contributed by atoms with Crippen molar-refractivity contribution in [3.8, 4) is 0 Å². The molecule has 0 unspecified atom stereocenters. The number of hydrogen-bond acceptors (Lipinski definition) is 4. The number of aliphatic hydroxyl groups is 1. The molecule has 5 nitrogen and oxygen atoms in total. The van der Waals surface area contributed by atoms with E-state index in [1.807, 2.05) is 41.8 Å². The molecule has 5 heteroatoms. The lowest BCUT2D eigenvalue weighted by Gasteiger charge is -2.39. The molecule has 0 aliphatic heterocycles. The van der Waals surface area contributed by atoms with Crippen LogP contribution in [-0.4, -0.2) is 33.8 Å². The number of carbonyl (C=O) groups is 1. The van der Waals surface area contributed by atoms with Gasteiger partial charge in [0.25, 0.3) is 0 Å². The highest BCUT2D eigenvalue weighted by atomic mass is 16.5.